The number of aromatic amines is 1. The lowest BCUT2D eigenvalue weighted by molar-refractivity contribution is 0.254. The standard InChI is InChI=1S/C13H9N3O5S/c17-12-10-6-7-14-8-11(10)15-13(18)16(12)21-22(19,20)9-4-2-1-3-5-9/h1-8H,(H,15,18). The Morgan fingerprint density at radius 3 is 2.55 bits per heavy atom. The van der Waals surface area contributed by atoms with Crippen molar-refractivity contribution in [1.82, 2.24) is 14.7 Å². The molecule has 0 bridgehead atoms. The second-order valence-electron chi connectivity index (χ2n) is 4.29. The summed E-state index contributed by atoms with van der Waals surface area (Å²) in [5.41, 5.74) is -1.71. The lowest BCUT2D eigenvalue weighted by Crippen LogP contribution is -2.41. The number of fused-ring (bicyclic) bond motifs is 1. The fourth-order valence-electron chi connectivity index (χ4n) is 1.84. The highest BCUT2D eigenvalue weighted by Gasteiger charge is 2.20. The SMILES string of the molecule is O=c1[nH]c2cnccc2c(=O)n1OS(=O)(=O)c1ccccc1. The number of aromatic nitrogens is 3. The number of benzene rings is 1. The quantitative estimate of drug-likeness (QED) is 0.722. The van der Waals surface area contributed by atoms with Gasteiger partial charge in [-0.05, 0) is 18.2 Å². The third kappa shape index (κ3) is 2.37. The smallest absolute Gasteiger partial charge is 0.303 e. The molecule has 2 heterocycles. The van der Waals surface area contributed by atoms with Crippen LogP contribution in [0, 0.1) is 0 Å². The third-order valence-corrected chi connectivity index (χ3v) is 4.06. The summed E-state index contributed by atoms with van der Waals surface area (Å²) in [6.45, 7) is 0. The highest BCUT2D eigenvalue weighted by molar-refractivity contribution is 7.87. The fraction of sp³-hybridized carbons (Fsp3) is 0. The van der Waals surface area contributed by atoms with E-state index in [9.17, 15) is 18.0 Å². The van der Waals surface area contributed by atoms with Crippen molar-refractivity contribution in [2.24, 2.45) is 0 Å². The Kier molecular flexibility index (Phi) is 3.26. The number of hydrogen-bond acceptors (Lipinski definition) is 6. The lowest BCUT2D eigenvalue weighted by Gasteiger charge is -2.07. The van der Waals surface area contributed by atoms with Gasteiger partial charge >= 0.3 is 15.8 Å². The summed E-state index contributed by atoms with van der Waals surface area (Å²) in [5, 5.41) is 0.0814. The predicted octanol–water partition coefficient (Wildman–Crippen LogP) is -0.0977. The monoisotopic (exact) mass is 319 g/mol. The van der Waals surface area contributed by atoms with Gasteiger partial charge in [0.25, 0.3) is 5.56 Å². The molecule has 0 aliphatic heterocycles. The zero-order chi connectivity index (χ0) is 15.7. The van der Waals surface area contributed by atoms with Crippen LogP contribution in [0.2, 0.25) is 0 Å². The van der Waals surface area contributed by atoms with Gasteiger partial charge in [-0.25, -0.2) is 4.79 Å². The lowest BCUT2D eigenvalue weighted by atomic mass is 10.3. The van der Waals surface area contributed by atoms with Crippen LogP contribution in [0.5, 0.6) is 0 Å². The zero-order valence-electron chi connectivity index (χ0n) is 11.0. The first-order valence-corrected chi connectivity index (χ1v) is 7.49. The summed E-state index contributed by atoms with van der Waals surface area (Å²) in [4.78, 5) is 30.0. The van der Waals surface area contributed by atoms with E-state index in [-0.39, 0.29) is 20.5 Å². The van der Waals surface area contributed by atoms with Crippen molar-refractivity contribution >= 4 is 21.0 Å². The molecule has 3 aromatic rings. The van der Waals surface area contributed by atoms with Crippen molar-refractivity contribution in [2.75, 3.05) is 0 Å². The maximum atomic E-state index is 12.2. The molecule has 1 aromatic carbocycles. The van der Waals surface area contributed by atoms with Gasteiger partial charge in [-0.1, -0.05) is 22.9 Å². The largest absolute Gasteiger partial charge is 0.363 e. The molecule has 112 valence electrons. The molecule has 0 radical (unpaired) electrons. The molecule has 0 aliphatic rings. The van der Waals surface area contributed by atoms with Crippen LogP contribution in [0.15, 0.2) is 63.3 Å². The van der Waals surface area contributed by atoms with E-state index in [4.69, 9.17) is 0 Å². The molecule has 0 saturated carbocycles. The second-order valence-corrected chi connectivity index (χ2v) is 5.82. The molecule has 0 aliphatic carbocycles. The topological polar surface area (TPSA) is 111 Å². The van der Waals surface area contributed by atoms with Crippen molar-refractivity contribution in [3.8, 4) is 0 Å². The highest BCUT2D eigenvalue weighted by Crippen LogP contribution is 2.08. The molecule has 0 spiro atoms. The minimum atomic E-state index is -4.30. The van der Waals surface area contributed by atoms with E-state index < -0.39 is 21.4 Å². The maximum Gasteiger partial charge on any atom is 0.363 e. The van der Waals surface area contributed by atoms with E-state index in [0.717, 1.165) is 0 Å². The Bertz CT molecular complexity index is 1050. The van der Waals surface area contributed by atoms with E-state index in [1.54, 1.807) is 6.07 Å². The maximum absolute atomic E-state index is 12.2. The summed E-state index contributed by atoms with van der Waals surface area (Å²) in [6.07, 6.45) is 2.63. The molecular formula is C13H9N3O5S. The molecule has 3 rings (SSSR count). The number of nitrogens with zero attached hydrogens (tertiary/aromatic N) is 2. The van der Waals surface area contributed by atoms with Gasteiger partial charge in [-0.3, -0.25) is 14.1 Å². The first kappa shape index (κ1) is 14.0. The van der Waals surface area contributed by atoms with Crippen LogP contribution in [0.25, 0.3) is 10.9 Å². The fourth-order valence-corrected chi connectivity index (χ4v) is 2.75. The number of nitrogens with one attached hydrogen (secondary N) is 1. The van der Waals surface area contributed by atoms with Crippen LogP contribution in [0.4, 0.5) is 0 Å². The first-order chi connectivity index (χ1) is 10.5. The molecule has 0 unspecified atom stereocenters. The van der Waals surface area contributed by atoms with Crippen LogP contribution in [0.1, 0.15) is 0 Å². The van der Waals surface area contributed by atoms with Crippen molar-refractivity contribution in [3.63, 3.8) is 0 Å². The number of H-pyrrole nitrogens is 1. The molecule has 1 N–H and O–H groups in total. The molecule has 9 heteroatoms. The Morgan fingerprint density at radius 2 is 1.82 bits per heavy atom. The average Bonchev–Trinajstić information content (AvgIpc) is 2.52. The molecule has 2 aromatic heterocycles. The molecule has 8 nitrogen and oxygen atoms in total. The van der Waals surface area contributed by atoms with Crippen molar-refractivity contribution in [2.45, 2.75) is 4.90 Å². The van der Waals surface area contributed by atoms with Crippen LogP contribution < -0.4 is 15.5 Å². The van der Waals surface area contributed by atoms with Crippen molar-refractivity contribution < 1.29 is 12.7 Å². The Morgan fingerprint density at radius 1 is 1.09 bits per heavy atom. The second kappa shape index (κ2) is 5.11. The van der Waals surface area contributed by atoms with Crippen molar-refractivity contribution in [1.29, 1.82) is 0 Å². The van der Waals surface area contributed by atoms with Gasteiger partial charge in [0.2, 0.25) is 0 Å². The summed E-state index contributed by atoms with van der Waals surface area (Å²) in [5.74, 6) is 0. The molecule has 0 fully saturated rings. The first-order valence-electron chi connectivity index (χ1n) is 6.08. The minimum absolute atomic E-state index is 0.0814. The summed E-state index contributed by atoms with van der Waals surface area (Å²) in [6, 6.07) is 8.55. The zero-order valence-corrected chi connectivity index (χ0v) is 11.8. The van der Waals surface area contributed by atoms with Crippen LogP contribution >= 0.6 is 0 Å². The highest BCUT2D eigenvalue weighted by atomic mass is 32.2. The molecule has 22 heavy (non-hydrogen) atoms. The minimum Gasteiger partial charge on any atom is -0.303 e. The van der Waals surface area contributed by atoms with E-state index in [1.165, 1.54) is 42.7 Å². The van der Waals surface area contributed by atoms with E-state index in [0.29, 0.717) is 0 Å². The predicted molar refractivity (Wildman–Crippen MR) is 76.8 cm³/mol. The average molecular weight is 319 g/mol. The van der Waals surface area contributed by atoms with Gasteiger partial charge in [-0.15, -0.1) is 0 Å². The summed E-state index contributed by atoms with van der Waals surface area (Å²) >= 11 is 0. The van der Waals surface area contributed by atoms with Crippen LogP contribution in [0.3, 0.4) is 0 Å². The Labute approximate surface area is 123 Å². The Hall–Kier alpha value is -2.94. The molecule has 0 saturated heterocycles. The van der Waals surface area contributed by atoms with E-state index >= 15 is 0 Å². The van der Waals surface area contributed by atoms with E-state index in [2.05, 4.69) is 14.3 Å². The normalized spacial score (nSPS) is 11.5. The van der Waals surface area contributed by atoms with Gasteiger partial charge < -0.3 is 4.98 Å². The third-order valence-electron chi connectivity index (χ3n) is 2.87. The van der Waals surface area contributed by atoms with E-state index in [1.807, 2.05) is 0 Å². The summed E-state index contributed by atoms with van der Waals surface area (Å²) < 4.78 is 29.0. The Balaban J connectivity index is 2.16. The molecule has 0 atom stereocenters. The van der Waals surface area contributed by atoms with Crippen LogP contribution in [-0.4, -0.2) is 23.1 Å². The van der Waals surface area contributed by atoms with Gasteiger partial charge in [0, 0.05) is 6.20 Å². The molecular weight excluding hydrogens is 310 g/mol. The van der Waals surface area contributed by atoms with Gasteiger partial charge in [0.1, 0.15) is 4.90 Å². The van der Waals surface area contributed by atoms with Gasteiger partial charge in [0.15, 0.2) is 0 Å². The molecule has 0 amide bonds. The number of rotatable bonds is 3. The van der Waals surface area contributed by atoms with Gasteiger partial charge in [0.05, 0.1) is 17.1 Å². The van der Waals surface area contributed by atoms with Gasteiger partial charge in [-0.2, -0.15) is 8.42 Å². The summed E-state index contributed by atoms with van der Waals surface area (Å²) in [7, 11) is -4.30. The van der Waals surface area contributed by atoms with Crippen LogP contribution in [-0.2, 0) is 10.1 Å². The number of hydrogen-bond donors (Lipinski definition) is 1. The van der Waals surface area contributed by atoms with Crippen molar-refractivity contribution in [3.05, 3.63) is 69.6 Å². The number of pyridine rings is 1.